The molecule has 2 aromatic rings. The lowest BCUT2D eigenvalue weighted by Gasteiger charge is -2.27. The Labute approximate surface area is 154 Å². The van der Waals surface area contributed by atoms with Crippen molar-refractivity contribution in [2.24, 2.45) is 7.05 Å². The molecule has 1 aliphatic heterocycles. The second-order valence-corrected chi connectivity index (χ2v) is 7.00. The van der Waals surface area contributed by atoms with E-state index in [0.29, 0.717) is 18.8 Å². The molecule has 0 fully saturated rings. The summed E-state index contributed by atoms with van der Waals surface area (Å²) in [6, 6.07) is 0. The van der Waals surface area contributed by atoms with Crippen LogP contribution in [0.25, 0.3) is 0 Å². The van der Waals surface area contributed by atoms with E-state index in [-0.39, 0.29) is 5.97 Å². The molecule has 0 unspecified atom stereocenters. The number of ether oxygens (including phenoxy) is 1. The molecule has 0 aliphatic carbocycles. The molecule has 0 radical (unpaired) electrons. The first-order valence-electron chi connectivity index (χ1n) is 9.08. The number of rotatable bonds is 7. The van der Waals surface area contributed by atoms with Gasteiger partial charge in [-0.2, -0.15) is 10.2 Å². The van der Waals surface area contributed by atoms with E-state index >= 15 is 0 Å². The van der Waals surface area contributed by atoms with Gasteiger partial charge in [-0.05, 0) is 21.0 Å². The summed E-state index contributed by atoms with van der Waals surface area (Å²) < 4.78 is 9.04. The van der Waals surface area contributed by atoms with Gasteiger partial charge in [0.05, 0.1) is 19.3 Å². The summed E-state index contributed by atoms with van der Waals surface area (Å²) >= 11 is 0. The van der Waals surface area contributed by atoms with Gasteiger partial charge in [0.15, 0.2) is 5.69 Å². The van der Waals surface area contributed by atoms with Crippen LogP contribution < -0.4 is 0 Å². The fraction of sp³-hybridized carbons (Fsp3) is 0.611. The minimum atomic E-state index is -0.324. The number of carbonyl (C=O) groups is 1. The van der Waals surface area contributed by atoms with Crippen LogP contribution in [0.4, 0.5) is 0 Å². The molecular weight excluding hydrogens is 332 g/mol. The third kappa shape index (κ3) is 4.13. The Morgan fingerprint density at radius 1 is 1.38 bits per heavy atom. The summed E-state index contributed by atoms with van der Waals surface area (Å²) in [5.41, 5.74) is 3.82. The molecule has 0 saturated carbocycles. The van der Waals surface area contributed by atoms with Crippen molar-refractivity contribution in [3.63, 3.8) is 0 Å². The summed E-state index contributed by atoms with van der Waals surface area (Å²) in [5.74, 6) is -0.324. The van der Waals surface area contributed by atoms with E-state index in [0.717, 1.165) is 43.9 Å². The zero-order valence-electron chi connectivity index (χ0n) is 16.1. The number of fused-ring (bicyclic) bond motifs is 1. The molecule has 2 aromatic heterocycles. The minimum Gasteiger partial charge on any atom is -0.461 e. The van der Waals surface area contributed by atoms with Gasteiger partial charge in [0.1, 0.15) is 0 Å². The molecule has 0 saturated heterocycles. The van der Waals surface area contributed by atoms with Crippen LogP contribution in [0, 0.1) is 0 Å². The maximum absolute atomic E-state index is 12.4. The summed E-state index contributed by atoms with van der Waals surface area (Å²) in [7, 11) is 6.00. The zero-order valence-corrected chi connectivity index (χ0v) is 16.1. The van der Waals surface area contributed by atoms with Crippen LogP contribution in [0.3, 0.4) is 0 Å². The first kappa shape index (κ1) is 18.6. The van der Waals surface area contributed by atoms with Gasteiger partial charge in [-0.25, -0.2) is 4.79 Å². The highest BCUT2D eigenvalue weighted by Gasteiger charge is 2.28. The molecule has 142 valence electrons. The Morgan fingerprint density at radius 2 is 2.19 bits per heavy atom. The van der Waals surface area contributed by atoms with E-state index in [2.05, 4.69) is 20.0 Å². The van der Waals surface area contributed by atoms with Crippen molar-refractivity contribution >= 4 is 5.97 Å². The average Bonchev–Trinajstić information content (AvgIpc) is 3.16. The molecule has 1 aliphatic rings. The lowest BCUT2D eigenvalue weighted by molar-refractivity contribution is 0.0515. The van der Waals surface area contributed by atoms with Gasteiger partial charge in [-0.3, -0.25) is 14.3 Å². The highest BCUT2D eigenvalue weighted by molar-refractivity contribution is 5.89. The molecule has 0 spiro atoms. The molecule has 3 heterocycles. The van der Waals surface area contributed by atoms with Crippen molar-refractivity contribution < 1.29 is 9.53 Å². The Hall–Kier alpha value is -2.19. The lowest BCUT2D eigenvalue weighted by atomic mass is 10.0. The minimum absolute atomic E-state index is 0.324. The first-order valence-corrected chi connectivity index (χ1v) is 9.08. The van der Waals surface area contributed by atoms with Crippen LogP contribution >= 0.6 is 0 Å². The smallest absolute Gasteiger partial charge is 0.359 e. The van der Waals surface area contributed by atoms with Crippen LogP contribution in [0.2, 0.25) is 0 Å². The highest BCUT2D eigenvalue weighted by atomic mass is 16.5. The van der Waals surface area contributed by atoms with Gasteiger partial charge >= 0.3 is 5.97 Å². The van der Waals surface area contributed by atoms with Crippen LogP contribution in [-0.2, 0) is 37.8 Å². The quantitative estimate of drug-likeness (QED) is 0.684. The molecule has 0 atom stereocenters. The van der Waals surface area contributed by atoms with Crippen LogP contribution in [-0.4, -0.2) is 69.1 Å². The predicted octanol–water partition coefficient (Wildman–Crippen LogP) is 0.913. The molecule has 8 heteroatoms. The molecule has 3 rings (SSSR count). The third-order valence-corrected chi connectivity index (χ3v) is 4.61. The Balaban J connectivity index is 1.82. The van der Waals surface area contributed by atoms with Crippen molar-refractivity contribution in [3.05, 3.63) is 34.9 Å². The van der Waals surface area contributed by atoms with Crippen molar-refractivity contribution in [3.8, 4) is 0 Å². The molecule has 0 N–H and O–H groups in total. The lowest BCUT2D eigenvalue weighted by Crippen LogP contribution is -2.31. The van der Waals surface area contributed by atoms with Gasteiger partial charge in [0.25, 0.3) is 0 Å². The van der Waals surface area contributed by atoms with Crippen LogP contribution in [0.15, 0.2) is 12.4 Å². The first-order chi connectivity index (χ1) is 12.5. The van der Waals surface area contributed by atoms with E-state index in [9.17, 15) is 4.79 Å². The average molecular weight is 360 g/mol. The normalized spacial score (nSPS) is 14.7. The van der Waals surface area contributed by atoms with E-state index in [1.807, 2.05) is 49.8 Å². The maximum Gasteiger partial charge on any atom is 0.359 e. The molecule has 0 amide bonds. The number of carbonyl (C=O) groups excluding carboxylic acids is 1. The van der Waals surface area contributed by atoms with Gasteiger partial charge in [-0.15, -0.1) is 0 Å². The fourth-order valence-electron chi connectivity index (χ4n) is 3.34. The zero-order chi connectivity index (χ0) is 18.7. The Bertz CT molecular complexity index is 764. The van der Waals surface area contributed by atoms with E-state index in [1.54, 1.807) is 0 Å². The van der Waals surface area contributed by atoms with Crippen LogP contribution in [0.5, 0.6) is 0 Å². The van der Waals surface area contributed by atoms with Gasteiger partial charge in [0, 0.05) is 62.7 Å². The Kier molecular flexibility index (Phi) is 5.73. The highest BCUT2D eigenvalue weighted by Crippen LogP contribution is 2.24. The molecular formula is C18H28N6O2. The van der Waals surface area contributed by atoms with E-state index in [1.165, 1.54) is 5.56 Å². The fourth-order valence-corrected chi connectivity index (χ4v) is 3.34. The van der Waals surface area contributed by atoms with E-state index < -0.39 is 0 Å². The predicted molar refractivity (Wildman–Crippen MR) is 97.8 cm³/mol. The third-order valence-electron chi connectivity index (χ3n) is 4.61. The van der Waals surface area contributed by atoms with Crippen molar-refractivity contribution in [2.75, 3.05) is 33.8 Å². The topological polar surface area (TPSA) is 68.4 Å². The second kappa shape index (κ2) is 8.01. The molecule has 8 nitrogen and oxygen atoms in total. The standard InChI is InChI=1S/C18H28N6O2/c1-5-26-18(25)17-15-13-23(12-14-10-19-22(4)11-14)7-6-16(15)24(20-17)9-8-21(2)3/h10-11H,5-9,12-13H2,1-4H3. The van der Waals surface area contributed by atoms with Gasteiger partial charge in [0.2, 0.25) is 0 Å². The summed E-state index contributed by atoms with van der Waals surface area (Å²) in [4.78, 5) is 16.9. The van der Waals surface area contributed by atoms with E-state index in [4.69, 9.17) is 4.74 Å². The second-order valence-electron chi connectivity index (χ2n) is 7.00. The number of aromatic nitrogens is 4. The molecule has 0 aromatic carbocycles. The number of nitrogens with zero attached hydrogens (tertiary/aromatic N) is 6. The number of hydrogen-bond acceptors (Lipinski definition) is 6. The number of aryl methyl sites for hydroxylation is 1. The maximum atomic E-state index is 12.4. The van der Waals surface area contributed by atoms with Crippen LogP contribution in [0.1, 0.15) is 34.2 Å². The SMILES string of the molecule is CCOC(=O)c1nn(CCN(C)C)c2c1CN(Cc1cnn(C)c1)CC2. The number of esters is 1. The molecule has 0 bridgehead atoms. The molecule has 26 heavy (non-hydrogen) atoms. The summed E-state index contributed by atoms with van der Waals surface area (Å²) in [5, 5.41) is 8.84. The number of hydrogen-bond donors (Lipinski definition) is 0. The monoisotopic (exact) mass is 360 g/mol. The van der Waals surface area contributed by atoms with Crippen molar-refractivity contribution in [2.45, 2.75) is 33.0 Å². The summed E-state index contributed by atoms with van der Waals surface area (Å²) in [6.07, 6.45) is 4.81. The number of likely N-dealkylation sites (N-methyl/N-ethyl adjacent to an activating group) is 1. The van der Waals surface area contributed by atoms with Gasteiger partial charge < -0.3 is 9.64 Å². The summed E-state index contributed by atoms with van der Waals surface area (Å²) in [6.45, 7) is 6.31. The largest absolute Gasteiger partial charge is 0.461 e. The Morgan fingerprint density at radius 3 is 2.85 bits per heavy atom. The van der Waals surface area contributed by atoms with Gasteiger partial charge in [-0.1, -0.05) is 0 Å². The van der Waals surface area contributed by atoms with Crippen molar-refractivity contribution in [1.82, 2.24) is 29.4 Å². The van der Waals surface area contributed by atoms with Crippen molar-refractivity contribution in [1.29, 1.82) is 0 Å².